The molecule has 2 aromatic carbocycles. The summed E-state index contributed by atoms with van der Waals surface area (Å²) in [6, 6.07) is 11.0. The number of benzene rings is 2. The molecule has 0 radical (unpaired) electrons. The van der Waals surface area contributed by atoms with Crippen molar-refractivity contribution >= 4 is 22.9 Å². The van der Waals surface area contributed by atoms with E-state index in [1.54, 1.807) is 19.1 Å². The van der Waals surface area contributed by atoms with Gasteiger partial charge in [0.25, 0.3) is 5.91 Å². The molecule has 0 atom stereocenters. The number of nitrogens with zero attached hydrogens (tertiary/aromatic N) is 2. The fourth-order valence-corrected chi connectivity index (χ4v) is 3.93. The van der Waals surface area contributed by atoms with Crippen LogP contribution in [0.4, 0.5) is 0 Å². The van der Waals surface area contributed by atoms with Crippen LogP contribution in [0.15, 0.2) is 36.4 Å². The zero-order valence-corrected chi connectivity index (χ0v) is 20.8. The third-order valence-corrected chi connectivity index (χ3v) is 5.62. The maximum atomic E-state index is 12.6. The van der Waals surface area contributed by atoms with Gasteiger partial charge in [-0.05, 0) is 44.0 Å². The van der Waals surface area contributed by atoms with Crippen molar-refractivity contribution in [1.82, 2.24) is 14.9 Å². The van der Waals surface area contributed by atoms with Gasteiger partial charge in [0.2, 0.25) is 5.75 Å². The Hall–Kier alpha value is -3.75. The Bertz CT molecular complexity index is 1130. The van der Waals surface area contributed by atoms with E-state index < -0.39 is 0 Å². The molecule has 3 aromatic rings. The predicted octanol–water partition coefficient (Wildman–Crippen LogP) is 3.77. The number of methoxy groups -OCH3 is 3. The lowest BCUT2D eigenvalue weighted by molar-refractivity contribution is -0.143. The van der Waals surface area contributed by atoms with Crippen molar-refractivity contribution in [3.8, 4) is 17.2 Å². The van der Waals surface area contributed by atoms with Gasteiger partial charge in [-0.25, -0.2) is 4.98 Å². The molecule has 1 N–H and O–H groups in total. The molecule has 0 fully saturated rings. The minimum atomic E-state index is -0.272. The normalized spacial score (nSPS) is 10.7. The van der Waals surface area contributed by atoms with Gasteiger partial charge in [0, 0.05) is 18.5 Å². The van der Waals surface area contributed by atoms with Crippen molar-refractivity contribution in [3.63, 3.8) is 0 Å². The summed E-state index contributed by atoms with van der Waals surface area (Å²) in [4.78, 5) is 29.4. The number of hydrogen-bond acceptors (Lipinski definition) is 7. The second-order valence-corrected chi connectivity index (χ2v) is 7.89. The number of ether oxygens (including phenoxy) is 4. The molecular formula is C26H33N3O6. The van der Waals surface area contributed by atoms with Crippen LogP contribution in [-0.2, 0) is 22.5 Å². The number of aryl methyl sites for hydroxylation is 1. The van der Waals surface area contributed by atoms with Crippen molar-refractivity contribution in [1.29, 1.82) is 0 Å². The molecule has 9 heteroatoms. The van der Waals surface area contributed by atoms with Crippen molar-refractivity contribution in [2.45, 2.75) is 39.2 Å². The topological polar surface area (TPSA) is 101 Å². The summed E-state index contributed by atoms with van der Waals surface area (Å²) in [7, 11) is 4.55. The molecule has 188 valence electrons. The van der Waals surface area contributed by atoms with E-state index in [1.807, 2.05) is 28.8 Å². The number of fused-ring (bicyclic) bond motifs is 1. The molecule has 0 bridgehead atoms. The van der Waals surface area contributed by atoms with Gasteiger partial charge in [0.05, 0.1) is 39.0 Å². The Morgan fingerprint density at radius 3 is 2.34 bits per heavy atom. The number of imidazole rings is 1. The lowest BCUT2D eigenvalue weighted by Crippen LogP contribution is -2.24. The van der Waals surface area contributed by atoms with Crippen LogP contribution in [0.2, 0.25) is 0 Å². The molecule has 0 aliphatic carbocycles. The second-order valence-electron chi connectivity index (χ2n) is 7.89. The van der Waals surface area contributed by atoms with Gasteiger partial charge in [-0.1, -0.05) is 18.6 Å². The SMILES string of the molecule is CCOC(=O)Cn1c(CCCCCNC(=O)c2cc(OC)c(OC)c(OC)c2)nc2ccccc21. The number of para-hydroxylation sites is 2. The van der Waals surface area contributed by atoms with E-state index in [1.165, 1.54) is 21.3 Å². The molecule has 1 heterocycles. The Labute approximate surface area is 205 Å². The molecule has 3 rings (SSSR count). The van der Waals surface area contributed by atoms with Gasteiger partial charge in [-0.2, -0.15) is 0 Å². The van der Waals surface area contributed by atoms with Gasteiger partial charge in [0.1, 0.15) is 12.4 Å². The minimum absolute atomic E-state index is 0.147. The quantitative estimate of drug-likeness (QED) is 0.292. The number of carbonyl (C=O) groups is 2. The van der Waals surface area contributed by atoms with Crippen LogP contribution in [0.25, 0.3) is 11.0 Å². The predicted molar refractivity (Wildman–Crippen MR) is 132 cm³/mol. The summed E-state index contributed by atoms with van der Waals surface area (Å²) in [6.45, 7) is 2.83. The van der Waals surface area contributed by atoms with Crippen LogP contribution in [0.3, 0.4) is 0 Å². The number of esters is 1. The maximum absolute atomic E-state index is 12.6. The van der Waals surface area contributed by atoms with Gasteiger partial charge < -0.3 is 28.8 Å². The Kier molecular flexibility index (Phi) is 9.34. The number of aromatic nitrogens is 2. The number of nitrogens with one attached hydrogen (secondary N) is 1. The number of unbranched alkanes of at least 4 members (excludes halogenated alkanes) is 2. The average molecular weight is 484 g/mol. The van der Waals surface area contributed by atoms with Crippen molar-refractivity contribution in [2.24, 2.45) is 0 Å². The molecule has 1 amide bonds. The Morgan fingerprint density at radius 2 is 1.69 bits per heavy atom. The van der Waals surface area contributed by atoms with Crippen LogP contribution in [0.1, 0.15) is 42.4 Å². The molecule has 1 aromatic heterocycles. The number of rotatable bonds is 13. The van der Waals surface area contributed by atoms with Crippen molar-refractivity contribution < 1.29 is 28.5 Å². The van der Waals surface area contributed by atoms with Crippen LogP contribution < -0.4 is 19.5 Å². The van der Waals surface area contributed by atoms with E-state index in [-0.39, 0.29) is 18.4 Å². The zero-order valence-electron chi connectivity index (χ0n) is 20.8. The molecule has 0 saturated heterocycles. The summed E-state index contributed by atoms with van der Waals surface area (Å²) >= 11 is 0. The van der Waals surface area contributed by atoms with Crippen LogP contribution in [0.5, 0.6) is 17.2 Å². The summed E-state index contributed by atoms with van der Waals surface area (Å²) < 4.78 is 23.0. The number of hydrogen-bond donors (Lipinski definition) is 1. The van der Waals surface area contributed by atoms with Crippen molar-refractivity contribution in [3.05, 3.63) is 47.8 Å². The Morgan fingerprint density at radius 1 is 0.971 bits per heavy atom. The van der Waals surface area contributed by atoms with E-state index in [9.17, 15) is 9.59 Å². The molecule has 9 nitrogen and oxygen atoms in total. The molecule has 35 heavy (non-hydrogen) atoms. The summed E-state index contributed by atoms with van der Waals surface area (Å²) in [5, 5.41) is 2.94. The average Bonchev–Trinajstić information content (AvgIpc) is 3.21. The highest BCUT2D eigenvalue weighted by atomic mass is 16.5. The maximum Gasteiger partial charge on any atom is 0.326 e. The van der Waals surface area contributed by atoms with Gasteiger partial charge in [-0.3, -0.25) is 9.59 Å². The monoisotopic (exact) mass is 483 g/mol. The third kappa shape index (κ3) is 6.44. The Balaban J connectivity index is 1.52. The first-order valence-corrected chi connectivity index (χ1v) is 11.7. The minimum Gasteiger partial charge on any atom is -0.493 e. The highest BCUT2D eigenvalue weighted by Crippen LogP contribution is 2.38. The number of amides is 1. The van der Waals surface area contributed by atoms with Crippen LogP contribution in [-0.4, -0.2) is 55.9 Å². The highest BCUT2D eigenvalue weighted by Gasteiger charge is 2.17. The van der Waals surface area contributed by atoms with Crippen LogP contribution >= 0.6 is 0 Å². The molecule has 0 saturated carbocycles. The van der Waals surface area contributed by atoms with Gasteiger partial charge in [-0.15, -0.1) is 0 Å². The summed E-state index contributed by atoms with van der Waals surface area (Å²) in [5.41, 5.74) is 2.23. The first kappa shape index (κ1) is 25.9. The smallest absolute Gasteiger partial charge is 0.326 e. The second kappa shape index (κ2) is 12.6. The fourth-order valence-electron chi connectivity index (χ4n) is 3.93. The van der Waals surface area contributed by atoms with E-state index in [4.69, 9.17) is 23.9 Å². The summed E-state index contributed by atoms with van der Waals surface area (Å²) in [5.74, 6) is 1.69. The van der Waals surface area contributed by atoms with E-state index in [0.29, 0.717) is 36.0 Å². The molecule has 0 aliphatic heterocycles. The molecular weight excluding hydrogens is 450 g/mol. The van der Waals surface area contributed by atoms with Gasteiger partial charge in [0.15, 0.2) is 11.5 Å². The highest BCUT2D eigenvalue weighted by molar-refractivity contribution is 5.95. The largest absolute Gasteiger partial charge is 0.493 e. The van der Waals surface area contributed by atoms with Gasteiger partial charge >= 0.3 is 5.97 Å². The first-order chi connectivity index (χ1) is 17.0. The zero-order chi connectivity index (χ0) is 25.2. The molecule has 0 aliphatic rings. The summed E-state index contributed by atoms with van der Waals surface area (Å²) in [6.07, 6.45) is 3.33. The van der Waals surface area contributed by atoms with Crippen LogP contribution in [0, 0.1) is 0 Å². The fraction of sp³-hybridized carbons (Fsp3) is 0.423. The third-order valence-electron chi connectivity index (χ3n) is 5.62. The molecule has 0 unspecified atom stereocenters. The standard InChI is InChI=1S/C26H33N3O6/c1-5-35-24(30)17-29-20-12-9-8-11-19(20)28-23(29)13-7-6-10-14-27-26(31)18-15-21(32-2)25(34-4)22(16-18)33-3/h8-9,11-12,15-16H,5-7,10,13-14,17H2,1-4H3,(H,27,31). The van der Waals surface area contributed by atoms with Crippen molar-refractivity contribution in [2.75, 3.05) is 34.5 Å². The first-order valence-electron chi connectivity index (χ1n) is 11.7. The van der Waals surface area contributed by atoms with E-state index >= 15 is 0 Å². The number of carbonyl (C=O) groups excluding carboxylic acids is 2. The lowest BCUT2D eigenvalue weighted by atomic mass is 10.1. The van der Waals surface area contributed by atoms with E-state index in [2.05, 4.69) is 5.32 Å². The van der Waals surface area contributed by atoms with E-state index in [0.717, 1.165) is 42.5 Å². The molecule has 0 spiro atoms. The lowest BCUT2D eigenvalue weighted by Gasteiger charge is -2.14.